The van der Waals surface area contributed by atoms with Crippen LogP contribution in [0.4, 0.5) is 0 Å². The van der Waals surface area contributed by atoms with Crippen molar-refractivity contribution in [3.8, 4) is 0 Å². The zero-order valence-electron chi connectivity index (χ0n) is 10.5. The van der Waals surface area contributed by atoms with Crippen molar-refractivity contribution in [1.29, 1.82) is 0 Å². The standard InChI is InChI=1S/C13H17NO5/c15-10-4-2-1-3-8(10)6-14-12(16)11-5-9(7-19-11)13(17)18/h5,7-8,10,15H,1-4,6H2,(H,14,16)(H,17,18). The molecular weight excluding hydrogens is 250 g/mol. The van der Waals surface area contributed by atoms with E-state index < -0.39 is 11.9 Å². The maximum Gasteiger partial charge on any atom is 0.338 e. The van der Waals surface area contributed by atoms with Crippen LogP contribution in [-0.2, 0) is 0 Å². The van der Waals surface area contributed by atoms with E-state index >= 15 is 0 Å². The fourth-order valence-electron chi connectivity index (χ4n) is 2.30. The minimum atomic E-state index is -1.13. The summed E-state index contributed by atoms with van der Waals surface area (Å²) in [6.45, 7) is 0.378. The molecule has 1 saturated carbocycles. The fraction of sp³-hybridized carbons (Fsp3) is 0.538. The summed E-state index contributed by atoms with van der Waals surface area (Å²) < 4.78 is 4.90. The van der Waals surface area contributed by atoms with Crippen LogP contribution in [0.1, 0.15) is 46.6 Å². The quantitative estimate of drug-likeness (QED) is 0.762. The van der Waals surface area contributed by atoms with Crippen molar-refractivity contribution in [3.05, 3.63) is 23.7 Å². The summed E-state index contributed by atoms with van der Waals surface area (Å²) in [5.74, 6) is -1.55. The molecule has 6 nitrogen and oxygen atoms in total. The Hall–Kier alpha value is -1.82. The average Bonchev–Trinajstić information content (AvgIpc) is 2.87. The molecule has 2 atom stereocenters. The van der Waals surface area contributed by atoms with Gasteiger partial charge in [-0.25, -0.2) is 4.79 Å². The summed E-state index contributed by atoms with van der Waals surface area (Å²) in [7, 11) is 0. The molecule has 1 heterocycles. The van der Waals surface area contributed by atoms with E-state index in [4.69, 9.17) is 9.52 Å². The first-order chi connectivity index (χ1) is 9.08. The SMILES string of the molecule is O=C(O)c1coc(C(=O)NCC2CCCCC2O)c1. The number of furan rings is 1. The Labute approximate surface area is 110 Å². The van der Waals surface area contributed by atoms with E-state index in [1.165, 1.54) is 6.07 Å². The summed E-state index contributed by atoms with van der Waals surface area (Å²) in [5, 5.41) is 21.2. The number of carbonyl (C=O) groups is 2. The first kappa shape index (κ1) is 13.6. The van der Waals surface area contributed by atoms with Crippen molar-refractivity contribution in [2.24, 2.45) is 5.92 Å². The van der Waals surface area contributed by atoms with Gasteiger partial charge in [0.25, 0.3) is 5.91 Å². The molecule has 1 aromatic rings. The topological polar surface area (TPSA) is 99.8 Å². The van der Waals surface area contributed by atoms with Gasteiger partial charge in [0.15, 0.2) is 5.76 Å². The van der Waals surface area contributed by atoms with Gasteiger partial charge in [-0.2, -0.15) is 0 Å². The van der Waals surface area contributed by atoms with Gasteiger partial charge in [-0.05, 0) is 12.8 Å². The van der Waals surface area contributed by atoms with Crippen LogP contribution in [0, 0.1) is 5.92 Å². The summed E-state index contributed by atoms with van der Waals surface area (Å²) in [6, 6.07) is 1.19. The largest absolute Gasteiger partial charge is 0.478 e. The summed E-state index contributed by atoms with van der Waals surface area (Å²) in [5.41, 5.74) is -0.0529. The zero-order chi connectivity index (χ0) is 13.8. The van der Waals surface area contributed by atoms with Crippen LogP contribution in [0.15, 0.2) is 16.7 Å². The van der Waals surface area contributed by atoms with Gasteiger partial charge >= 0.3 is 5.97 Å². The molecular formula is C13H17NO5. The third-order valence-electron chi connectivity index (χ3n) is 3.46. The molecule has 104 valence electrons. The van der Waals surface area contributed by atoms with Crippen molar-refractivity contribution in [3.63, 3.8) is 0 Å². The van der Waals surface area contributed by atoms with Gasteiger partial charge in [0.05, 0.1) is 11.7 Å². The van der Waals surface area contributed by atoms with Crippen LogP contribution < -0.4 is 5.32 Å². The number of hydrogen-bond acceptors (Lipinski definition) is 4. The number of amides is 1. The van der Waals surface area contributed by atoms with Crippen molar-refractivity contribution in [2.75, 3.05) is 6.54 Å². The van der Waals surface area contributed by atoms with E-state index in [1.54, 1.807) is 0 Å². The highest BCUT2D eigenvalue weighted by Crippen LogP contribution is 2.23. The molecule has 0 aliphatic heterocycles. The Balaban J connectivity index is 1.88. The number of carbonyl (C=O) groups excluding carboxylic acids is 1. The number of rotatable bonds is 4. The Kier molecular flexibility index (Phi) is 4.21. The summed E-state index contributed by atoms with van der Waals surface area (Å²) >= 11 is 0. The van der Waals surface area contributed by atoms with Crippen molar-refractivity contribution in [2.45, 2.75) is 31.8 Å². The highest BCUT2D eigenvalue weighted by molar-refractivity contribution is 5.95. The Morgan fingerprint density at radius 3 is 2.74 bits per heavy atom. The van der Waals surface area contributed by atoms with Crippen molar-refractivity contribution < 1.29 is 24.2 Å². The van der Waals surface area contributed by atoms with Gasteiger partial charge in [-0.3, -0.25) is 4.79 Å². The molecule has 1 amide bonds. The number of aromatic carboxylic acids is 1. The molecule has 1 aromatic heterocycles. The van der Waals surface area contributed by atoms with Gasteiger partial charge in [0, 0.05) is 18.5 Å². The second kappa shape index (κ2) is 5.88. The lowest BCUT2D eigenvalue weighted by molar-refractivity contribution is 0.0654. The van der Waals surface area contributed by atoms with Crippen LogP contribution in [0.5, 0.6) is 0 Å². The molecule has 0 saturated heterocycles. The van der Waals surface area contributed by atoms with E-state index in [0.717, 1.165) is 31.9 Å². The Bertz CT molecular complexity index is 467. The van der Waals surface area contributed by atoms with E-state index in [2.05, 4.69) is 5.32 Å². The maximum atomic E-state index is 11.8. The van der Waals surface area contributed by atoms with Gasteiger partial charge in [-0.15, -0.1) is 0 Å². The predicted molar refractivity (Wildman–Crippen MR) is 66.0 cm³/mol. The number of hydrogen-bond donors (Lipinski definition) is 3. The van der Waals surface area contributed by atoms with Crippen molar-refractivity contribution >= 4 is 11.9 Å². The lowest BCUT2D eigenvalue weighted by Crippen LogP contribution is -2.36. The molecule has 0 spiro atoms. The number of aliphatic hydroxyl groups is 1. The molecule has 2 rings (SSSR count). The first-order valence-electron chi connectivity index (χ1n) is 6.36. The molecule has 1 fully saturated rings. The number of aliphatic hydroxyl groups excluding tert-OH is 1. The van der Waals surface area contributed by atoms with Gasteiger partial charge in [-0.1, -0.05) is 12.8 Å². The van der Waals surface area contributed by atoms with E-state index in [9.17, 15) is 14.7 Å². The van der Waals surface area contributed by atoms with Crippen molar-refractivity contribution in [1.82, 2.24) is 5.32 Å². The average molecular weight is 267 g/mol. The lowest BCUT2D eigenvalue weighted by Gasteiger charge is -2.27. The summed E-state index contributed by atoms with van der Waals surface area (Å²) in [6.07, 6.45) is 4.39. The molecule has 3 N–H and O–H groups in total. The Morgan fingerprint density at radius 2 is 2.11 bits per heavy atom. The fourth-order valence-corrected chi connectivity index (χ4v) is 2.30. The number of nitrogens with one attached hydrogen (secondary N) is 1. The first-order valence-corrected chi connectivity index (χ1v) is 6.36. The maximum absolute atomic E-state index is 11.8. The van der Waals surface area contributed by atoms with Crippen LogP contribution in [0.25, 0.3) is 0 Å². The molecule has 0 radical (unpaired) electrons. The van der Waals surface area contributed by atoms with E-state index in [1.807, 2.05) is 0 Å². The van der Waals surface area contributed by atoms with Crippen LogP contribution in [0.2, 0.25) is 0 Å². The van der Waals surface area contributed by atoms with E-state index in [0.29, 0.717) is 6.54 Å². The minimum absolute atomic E-state index is 0.0253. The second-order valence-corrected chi connectivity index (χ2v) is 4.83. The molecule has 0 bridgehead atoms. The molecule has 1 aliphatic carbocycles. The van der Waals surface area contributed by atoms with Gasteiger partial charge in [0.1, 0.15) is 6.26 Å². The third-order valence-corrected chi connectivity index (χ3v) is 3.46. The molecule has 0 aromatic carbocycles. The van der Waals surface area contributed by atoms with Gasteiger partial charge < -0.3 is 19.9 Å². The highest BCUT2D eigenvalue weighted by Gasteiger charge is 2.24. The van der Waals surface area contributed by atoms with Crippen LogP contribution in [-0.4, -0.2) is 34.7 Å². The third kappa shape index (κ3) is 3.35. The predicted octanol–water partition coefficient (Wildman–Crippen LogP) is 1.26. The Morgan fingerprint density at radius 1 is 1.37 bits per heavy atom. The van der Waals surface area contributed by atoms with Gasteiger partial charge in [0.2, 0.25) is 0 Å². The molecule has 2 unspecified atom stereocenters. The molecule has 1 aliphatic rings. The van der Waals surface area contributed by atoms with E-state index in [-0.39, 0.29) is 23.3 Å². The lowest BCUT2D eigenvalue weighted by atomic mass is 9.86. The smallest absolute Gasteiger partial charge is 0.338 e. The summed E-state index contributed by atoms with van der Waals surface area (Å²) in [4.78, 5) is 22.4. The van der Waals surface area contributed by atoms with Crippen LogP contribution >= 0.6 is 0 Å². The number of carboxylic acids is 1. The second-order valence-electron chi connectivity index (χ2n) is 4.83. The normalized spacial score (nSPS) is 23.0. The zero-order valence-corrected chi connectivity index (χ0v) is 10.5. The minimum Gasteiger partial charge on any atom is -0.478 e. The molecule has 19 heavy (non-hydrogen) atoms. The highest BCUT2D eigenvalue weighted by atomic mass is 16.4. The number of carboxylic acid groups (broad SMARTS) is 1. The molecule has 6 heteroatoms. The monoisotopic (exact) mass is 267 g/mol. The van der Waals surface area contributed by atoms with Crippen LogP contribution in [0.3, 0.4) is 0 Å².